The molecule has 0 radical (unpaired) electrons. The van der Waals surface area contributed by atoms with Gasteiger partial charge in [0.05, 0.1) is 4.47 Å². The maximum Gasteiger partial charge on any atom is 0.260 e. The van der Waals surface area contributed by atoms with Crippen LogP contribution in [-0.4, -0.2) is 31.6 Å². The second-order valence-electron chi connectivity index (χ2n) is 6.66. The van der Waals surface area contributed by atoms with Gasteiger partial charge in [-0.1, -0.05) is 11.6 Å². The van der Waals surface area contributed by atoms with Gasteiger partial charge in [-0.05, 0) is 77.7 Å². The molecule has 144 valence electrons. The Labute approximate surface area is 171 Å². The van der Waals surface area contributed by atoms with Crippen LogP contribution in [0.4, 0.5) is 10.1 Å². The predicted octanol–water partition coefficient (Wildman–Crippen LogP) is 4.65. The Bertz CT molecular complexity index is 803. The van der Waals surface area contributed by atoms with Crippen molar-refractivity contribution in [2.75, 3.05) is 24.5 Å². The van der Waals surface area contributed by atoms with Gasteiger partial charge in [0.1, 0.15) is 11.6 Å². The summed E-state index contributed by atoms with van der Waals surface area (Å²) in [6.07, 6.45) is 0.368. The summed E-state index contributed by atoms with van der Waals surface area (Å²) in [5, 5.41) is 3.56. The Morgan fingerprint density at radius 1 is 1.37 bits per heavy atom. The molecule has 2 aromatic rings. The molecule has 4 nitrogen and oxygen atoms in total. The Morgan fingerprint density at radius 2 is 2.11 bits per heavy atom. The molecule has 2 aromatic carbocycles. The molecule has 2 unspecified atom stereocenters. The lowest BCUT2D eigenvalue weighted by Crippen LogP contribution is -2.39. The average molecular weight is 456 g/mol. The molecule has 1 heterocycles. The molecule has 0 bridgehead atoms. The number of halogens is 3. The van der Waals surface area contributed by atoms with Crippen LogP contribution in [0.25, 0.3) is 0 Å². The van der Waals surface area contributed by atoms with Crippen molar-refractivity contribution in [3.63, 3.8) is 0 Å². The maximum atomic E-state index is 13.0. The lowest BCUT2D eigenvalue weighted by atomic mass is 10.1. The number of ether oxygens (including phenoxy) is 1. The van der Waals surface area contributed by atoms with Crippen LogP contribution in [0.5, 0.6) is 5.75 Å². The second-order valence-corrected chi connectivity index (χ2v) is 7.95. The summed E-state index contributed by atoms with van der Waals surface area (Å²) in [6.45, 7) is 4.04. The SMILES string of the molecule is CC(Oc1ccc(Cl)cc1Br)C(=O)NCC1CCN(c2ccc(F)cc2)C1. The van der Waals surface area contributed by atoms with E-state index in [1.807, 2.05) is 0 Å². The zero-order valence-electron chi connectivity index (χ0n) is 14.9. The molecule has 1 amide bonds. The third-order valence-corrected chi connectivity index (χ3v) is 5.46. The van der Waals surface area contributed by atoms with Gasteiger partial charge in [0.2, 0.25) is 0 Å². The van der Waals surface area contributed by atoms with Crippen molar-refractivity contribution >= 4 is 39.1 Å². The van der Waals surface area contributed by atoms with Gasteiger partial charge in [-0.3, -0.25) is 4.79 Å². The average Bonchev–Trinajstić information content (AvgIpc) is 3.11. The third-order valence-electron chi connectivity index (χ3n) is 4.61. The van der Waals surface area contributed by atoms with E-state index in [4.69, 9.17) is 16.3 Å². The van der Waals surface area contributed by atoms with Gasteiger partial charge in [-0.15, -0.1) is 0 Å². The smallest absolute Gasteiger partial charge is 0.260 e. The molecule has 2 atom stereocenters. The fourth-order valence-electron chi connectivity index (χ4n) is 3.09. The summed E-state index contributed by atoms with van der Waals surface area (Å²) in [6, 6.07) is 11.7. The molecule has 0 aromatic heterocycles. The monoisotopic (exact) mass is 454 g/mol. The van der Waals surface area contributed by atoms with Gasteiger partial charge in [0.25, 0.3) is 5.91 Å². The Morgan fingerprint density at radius 3 is 2.81 bits per heavy atom. The molecular weight excluding hydrogens is 435 g/mol. The number of amides is 1. The zero-order chi connectivity index (χ0) is 19.4. The van der Waals surface area contributed by atoms with Crippen molar-refractivity contribution in [3.8, 4) is 5.75 Å². The maximum absolute atomic E-state index is 13.0. The molecule has 7 heteroatoms. The van der Waals surface area contributed by atoms with E-state index in [0.29, 0.717) is 27.7 Å². The van der Waals surface area contributed by atoms with Crippen molar-refractivity contribution in [1.29, 1.82) is 0 Å². The number of hydrogen-bond acceptors (Lipinski definition) is 3. The van der Waals surface area contributed by atoms with E-state index in [2.05, 4.69) is 26.1 Å². The largest absolute Gasteiger partial charge is 0.480 e. The molecule has 1 saturated heterocycles. The lowest BCUT2D eigenvalue weighted by molar-refractivity contribution is -0.127. The molecule has 1 fully saturated rings. The van der Waals surface area contributed by atoms with Gasteiger partial charge in [0, 0.05) is 30.3 Å². The van der Waals surface area contributed by atoms with Gasteiger partial charge in [-0.25, -0.2) is 4.39 Å². The number of nitrogens with zero attached hydrogens (tertiary/aromatic N) is 1. The summed E-state index contributed by atoms with van der Waals surface area (Å²) in [4.78, 5) is 14.5. The summed E-state index contributed by atoms with van der Waals surface area (Å²) in [7, 11) is 0. The van der Waals surface area contributed by atoms with Gasteiger partial charge >= 0.3 is 0 Å². The number of anilines is 1. The van der Waals surface area contributed by atoms with Crippen molar-refractivity contribution < 1.29 is 13.9 Å². The van der Waals surface area contributed by atoms with Crippen LogP contribution >= 0.6 is 27.5 Å². The van der Waals surface area contributed by atoms with Crippen molar-refractivity contribution in [3.05, 3.63) is 57.8 Å². The summed E-state index contributed by atoms with van der Waals surface area (Å²) >= 11 is 9.30. The molecule has 1 aliphatic heterocycles. The molecule has 27 heavy (non-hydrogen) atoms. The molecule has 0 spiro atoms. The van der Waals surface area contributed by atoms with Crippen LogP contribution in [0.15, 0.2) is 46.9 Å². The fourth-order valence-corrected chi connectivity index (χ4v) is 3.87. The highest BCUT2D eigenvalue weighted by Gasteiger charge is 2.24. The number of rotatable bonds is 6. The number of hydrogen-bond donors (Lipinski definition) is 1. The Kier molecular flexibility index (Phi) is 6.60. The van der Waals surface area contributed by atoms with Gasteiger partial charge < -0.3 is 15.0 Å². The standard InChI is InChI=1S/C20H21BrClFN2O2/c1-13(27-19-7-2-15(22)10-18(19)21)20(26)24-11-14-8-9-25(12-14)17-5-3-16(23)4-6-17/h2-7,10,13-14H,8-9,11-12H2,1H3,(H,24,26). The van der Waals surface area contributed by atoms with E-state index in [1.165, 1.54) is 12.1 Å². The van der Waals surface area contributed by atoms with E-state index < -0.39 is 6.10 Å². The number of carbonyl (C=O) groups excluding carboxylic acids is 1. The van der Waals surface area contributed by atoms with Crippen molar-refractivity contribution in [1.82, 2.24) is 5.32 Å². The van der Waals surface area contributed by atoms with Crippen LogP contribution in [0.3, 0.4) is 0 Å². The number of benzene rings is 2. The molecule has 0 saturated carbocycles. The predicted molar refractivity (Wildman–Crippen MR) is 109 cm³/mol. The minimum Gasteiger partial charge on any atom is -0.480 e. The van der Waals surface area contributed by atoms with Crippen molar-refractivity contribution in [2.45, 2.75) is 19.4 Å². The lowest BCUT2D eigenvalue weighted by Gasteiger charge is -2.20. The Balaban J connectivity index is 1.47. The van der Waals surface area contributed by atoms with Crippen LogP contribution in [0.1, 0.15) is 13.3 Å². The summed E-state index contributed by atoms with van der Waals surface area (Å²) in [5.74, 6) is 0.541. The van der Waals surface area contributed by atoms with E-state index >= 15 is 0 Å². The van der Waals surface area contributed by atoms with Crippen LogP contribution in [0, 0.1) is 11.7 Å². The van der Waals surface area contributed by atoms with Crippen LogP contribution in [-0.2, 0) is 4.79 Å². The Hall–Kier alpha value is -1.79. The highest BCUT2D eigenvalue weighted by atomic mass is 79.9. The molecule has 0 aliphatic carbocycles. The van der Waals surface area contributed by atoms with Gasteiger partial charge in [0.15, 0.2) is 6.10 Å². The number of nitrogens with one attached hydrogen (secondary N) is 1. The molecule has 3 rings (SSSR count). The minimum absolute atomic E-state index is 0.155. The van der Waals surface area contributed by atoms with E-state index in [-0.39, 0.29) is 11.7 Å². The van der Waals surface area contributed by atoms with E-state index in [9.17, 15) is 9.18 Å². The first-order valence-corrected chi connectivity index (χ1v) is 9.99. The van der Waals surface area contributed by atoms with E-state index in [1.54, 1.807) is 37.3 Å². The molecule has 1 aliphatic rings. The van der Waals surface area contributed by atoms with Crippen LogP contribution in [0.2, 0.25) is 5.02 Å². The highest BCUT2D eigenvalue weighted by molar-refractivity contribution is 9.10. The second kappa shape index (κ2) is 8.93. The van der Waals surface area contributed by atoms with Crippen LogP contribution < -0.4 is 15.0 Å². The minimum atomic E-state index is -0.614. The fraction of sp³-hybridized carbons (Fsp3) is 0.350. The molecular formula is C20H21BrClFN2O2. The first kappa shape index (κ1) is 20.0. The third kappa shape index (κ3) is 5.36. The quantitative estimate of drug-likeness (QED) is 0.689. The van der Waals surface area contributed by atoms with E-state index in [0.717, 1.165) is 25.2 Å². The molecule has 1 N–H and O–H groups in total. The van der Waals surface area contributed by atoms with Gasteiger partial charge in [-0.2, -0.15) is 0 Å². The summed E-state index contributed by atoms with van der Waals surface area (Å²) < 4.78 is 19.5. The first-order chi connectivity index (χ1) is 12.9. The summed E-state index contributed by atoms with van der Waals surface area (Å²) in [5.41, 5.74) is 1.01. The van der Waals surface area contributed by atoms with Crippen molar-refractivity contribution in [2.24, 2.45) is 5.92 Å². The topological polar surface area (TPSA) is 41.6 Å². The number of carbonyl (C=O) groups is 1. The highest BCUT2D eigenvalue weighted by Crippen LogP contribution is 2.29. The first-order valence-electron chi connectivity index (χ1n) is 8.82. The normalized spacial score (nSPS) is 17.6. The zero-order valence-corrected chi connectivity index (χ0v) is 17.3.